The molecule has 4 heteroatoms. The second-order valence-corrected chi connectivity index (χ2v) is 6.79. The van der Waals surface area contributed by atoms with Crippen molar-refractivity contribution in [1.29, 1.82) is 0 Å². The molecule has 0 saturated heterocycles. The van der Waals surface area contributed by atoms with E-state index in [1.54, 1.807) is 0 Å². The summed E-state index contributed by atoms with van der Waals surface area (Å²) in [6, 6.07) is 8.36. The van der Waals surface area contributed by atoms with Crippen LogP contribution >= 0.6 is 0 Å². The Morgan fingerprint density at radius 2 is 2.04 bits per heavy atom. The SMILES string of the molecule is O=C(O)CCNCCCc1cccc(OCCC2CCCCC2)c1. The first-order chi connectivity index (χ1) is 11.7. The quantitative estimate of drug-likeness (QED) is 0.600. The van der Waals surface area contributed by atoms with Crippen molar-refractivity contribution < 1.29 is 14.6 Å². The molecular weight excluding hydrogens is 302 g/mol. The predicted molar refractivity (Wildman–Crippen MR) is 96.6 cm³/mol. The Kier molecular flexibility index (Phi) is 8.67. The van der Waals surface area contributed by atoms with Gasteiger partial charge in [-0.1, -0.05) is 44.2 Å². The molecule has 4 nitrogen and oxygen atoms in total. The summed E-state index contributed by atoms with van der Waals surface area (Å²) in [5.41, 5.74) is 1.28. The monoisotopic (exact) mass is 333 g/mol. The largest absolute Gasteiger partial charge is 0.494 e. The van der Waals surface area contributed by atoms with Gasteiger partial charge < -0.3 is 15.2 Å². The van der Waals surface area contributed by atoms with Crippen molar-refractivity contribution >= 4 is 5.97 Å². The topological polar surface area (TPSA) is 58.6 Å². The Balaban J connectivity index is 1.60. The zero-order chi connectivity index (χ0) is 17.0. The summed E-state index contributed by atoms with van der Waals surface area (Å²) in [5.74, 6) is 1.08. The summed E-state index contributed by atoms with van der Waals surface area (Å²) in [5, 5.41) is 11.7. The number of aliphatic carboxylic acids is 1. The maximum Gasteiger partial charge on any atom is 0.304 e. The fourth-order valence-corrected chi connectivity index (χ4v) is 3.35. The first-order valence-electron chi connectivity index (χ1n) is 9.38. The van der Waals surface area contributed by atoms with Crippen LogP contribution in [0.1, 0.15) is 56.9 Å². The molecule has 0 spiro atoms. The van der Waals surface area contributed by atoms with E-state index in [0.29, 0.717) is 6.54 Å². The highest BCUT2D eigenvalue weighted by Gasteiger charge is 2.13. The van der Waals surface area contributed by atoms with Crippen LogP contribution in [0.5, 0.6) is 5.75 Å². The normalized spacial score (nSPS) is 15.3. The molecule has 0 heterocycles. The Bertz CT molecular complexity index is 484. The van der Waals surface area contributed by atoms with Gasteiger partial charge in [0.25, 0.3) is 0 Å². The second kappa shape index (κ2) is 11.1. The highest BCUT2D eigenvalue weighted by atomic mass is 16.5. The number of nitrogens with one attached hydrogen (secondary N) is 1. The molecule has 0 aliphatic heterocycles. The Labute approximate surface area is 145 Å². The number of ether oxygens (including phenoxy) is 1. The van der Waals surface area contributed by atoms with E-state index in [4.69, 9.17) is 9.84 Å². The lowest BCUT2D eigenvalue weighted by Gasteiger charge is -2.21. The van der Waals surface area contributed by atoms with E-state index in [-0.39, 0.29) is 6.42 Å². The number of rotatable bonds is 11. The standard InChI is InChI=1S/C20H31NO3/c22-20(23)11-14-21-13-5-9-18-8-4-10-19(16-18)24-15-12-17-6-2-1-3-7-17/h4,8,10,16-17,21H,1-3,5-7,9,11-15H2,(H,22,23). The van der Waals surface area contributed by atoms with Gasteiger partial charge in [-0.15, -0.1) is 0 Å². The molecule has 2 N–H and O–H groups in total. The number of aryl methyl sites for hydroxylation is 1. The number of hydrogen-bond acceptors (Lipinski definition) is 3. The van der Waals surface area contributed by atoms with Gasteiger partial charge in [0.15, 0.2) is 0 Å². The lowest BCUT2D eigenvalue weighted by Crippen LogP contribution is -2.19. The molecule has 1 aliphatic rings. The van der Waals surface area contributed by atoms with Crippen molar-refractivity contribution in [3.8, 4) is 5.75 Å². The van der Waals surface area contributed by atoms with E-state index in [9.17, 15) is 4.79 Å². The average Bonchev–Trinajstić information content (AvgIpc) is 2.59. The van der Waals surface area contributed by atoms with Gasteiger partial charge in [-0.3, -0.25) is 4.79 Å². The fourth-order valence-electron chi connectivity index (χ4n) is 3.35. The van der Waals surface area contributed by atoms with Crippen LogP contribution in [0.4, 0.5) is 0 Å². The molecule has 1 fully saturated rings. The van der Waals surface area contributed by atoms with E-state index in [2.05, 4.69) is 23.5 Å². The van der Waals surface area contributed by atoms with Crippen molar-refractivity contribution in [3.63, 3.8) is 0 Å². The second-order valence-electron chi connectivity index (χ2n) is 6.79. The van der Waals surface area contributed by atoms with Gasteiger partial charge in [0.05, 0.1) is 13.0 Å². The van der Waals surface area contributed by atoms with Crippen molar-refractivity contribution in [2.24, 2.45) is 5.92 Å². The van der Waals surface area contributed by atoms with Gasteiger partial charge in [-0.2, -0.15) is 0 Å². The van der Waals surface area contributed by atoms with Crippen LogP contribution in [0.25, 0.3) is 0 Å². The molecule has 134 valence electrons. The maximum absolute atomic E-state index is 10.4. The lowest BCUT2D eigenvalue weighted by molar-refractivity contribution is -0.136. The first-order valence-corrected chi connectivity index (χ1v) is 9.38. The van der Waals surface area contributed by atoms with Crippen LogP contribution in [-0.4, -0.2) is 30.8 Å². The predicted octanol–water partition coefficient (Wildman–Crippen LogP) is 4.03. The Hall–Kier alpha value is -1.55. The average molecular weight is 333 g/mol. The molecule has 0 atom stereocenters. The summed E-state index contributed by atoms with van der Waals surface area (Å²) < 4.78 is 5.94. The van der Waals surface area contributed by atoms with Gasteiger partial charge in [0.2, 0.25) is 0 Å². The van der Waals surface area contributed by atoms with Gasteiger partial charge in [0.1, 0.15) is 5.75 Å². The first kappa shape index (κ1) is 18.8. The van der Waals surface area contributed by atoms with Gasteiger partial charge in [0, 0.05) is 6.54 Å². The van der Waals surface area contributed by atoms with E-state index in [1.807, 2.05) is 6.07 Å². The van der Waals surface area contributed by atoms with Crippen LogP contribution in [0.15, 0.2) is 24.3 Å². The highest BCUT2D eigenvalue weighted by molar-refractivity contribution is 5.66. The minimum atomic E-state index is -0.749. The lowest BCUT2D eigenvalue weighted by atomic mass is 9.87. The van der Waals surface area contributed by atoms with Crippen molar-refractivity contribution in [2.75, 3.05) is 19.7 Å². The summed E-state index contributed by atoms with van der Waals surface area (Å²) in [7, 11) is 0. The summed E-state index contributed by atoms with van der Waals surface area (Å²) in [6.07, 6.45) is 10.3. The Morgan fingerprint density at radius 1 is 1.21 bits per heavy atom. The third-order valence-electron chi connectivity index (χ3n) is 4.75. The molecule has 24 heavy (non-hydrogen) atoms. The van der Waals surface area contributed by atoms with Gasteiger partial charge in [-0.05, 0) is 49.4 Å². The third-order valence-corrected chi connectivity index (χ3v) is 4.75. The van der Waals surface area contributed by atoms with Gasteiger partial charge in [-0.25, -0.2) is 0 Å². The summed E-state index contributed by atoms with van der Waals surface area (Å²) in [6.45, 7) is 2.21. The fraction of sp³-hybridized carbons (Fsp3) is 0.650. The van der Waals surface area contributed by atoms with E-state index < -0.39 is 5.97 Å². The van der Waals surface area contributed by atoms with Crippen LogP contribution in [0.2, 0.25) is 0 Å². The summed E-state index contributed by atoms with van der Waals surface area (Å²) >= 11 is 0. The molecule has 0 unspecified atom stereocenters. The molecule has 0 radical (unpaired) electrons. The molecule has 2 rings (SSSR count). The molecule has 0 amide bonds. The maximum atomic E-state index is 10.4. The van der Waals surface area contributed by atoms with Crippen LogP contribution in [-0.2, 0) is 11.2 Å². The number of carboxylic acids is 1. The number of hydrogen-bond donors (Lipinski definition) is 2. The molecule has 1 aliphatic carbocycles. The van der Waals surface area contributed by atoms with Gasteiger partial charge >= 0.3 is 5.97 Å². The van der Waals surface area contributed by atoms with Crippen molar-refractivity contribution in [1.82, 2.24) is 5.32 Å². The molecule has 0 bridgehead atoms. The summed E-state index contributed by atoms with van der Waals surface area (Å²) in [4.78, 5) is 10.4. The smallest absolute Gasteiger partial charge is 0.304 e. The van der Waals surface area contributed by atoms with E-state index in [1.165, 1.54) is 44.1 Å². The molecule has 1 aromatic rings. The zero-order valence-electron chi connectivity index (χ0n) is 14.6. The van der Waals surface area contributed by atoms with Crippen LogP contribution < -0.4 is 10.1 Å². The minimum absolute atomic E-state index is 0.185. The third kappa shape index (κ3) is 7.82. The highest BCUT2D eigenvalue weighted by Crippen LogP contribution is 2.26. The minimum Gasteiger partial charge on any atom is -0.494 e. The van der Waals surface area contributed by atoms with E-state index in [0.717, 1.165) is 37.7 Å². The number of carboxylic acid groups (broad SMARTS) is 1. The molecule has 0 aromatic heterocycles. The Morgan fingerprint density at radius 3 is 2.83 bits per heavy atom. The number of benzene rings is 1. The van der Waals surface area contributed by atoms with Crippen molar-refractivity contribution in [3.05, 3.63) is 29.8 Å². The molecule has 1 saturated carbocycles. The van der Waals surface area contributed by atoms with Crippen molar-refractivity contribution in [2.45, 2.75) is 57.8 Å². The van der Waals surface area contributed by atoms with E-state index >= 15 is 0 Å². The van der Waals surface area contributed by atoms with Crippen LogP contribution in [0, 0.1) is 5.92 Å². The zero-order valence-corrected chi connectivity index (χ0v) is 14.6. The molecular formula is C20H31NO3. The number of carbonyl (C=O) groups is 1. The van der Waals surface area contributed by atoms with Crippen LogP contribution in [0.3, 0.4) is 0 Å². The molecule has 1 aromatic carbocycles.